The van der Waals surface area contributed by atoms with E-state index in [4.69, 9.17) is 9.47 Å². The largest absolute Gasteiger partial charge is 0.457 e. The first-order valence-electron chi connectivity index (χ1n) is 25.5. The second-order valence-corrected chi connectivity index (χ2v) is 20.0. The van der Waals surface area contributed by atoms with Gasteiger partial charge in [0.15, 0.2) is 0 Å². The first-order chi connectivity index (χ1) is 36.7. The van der Waals surface area contributed by atoms with E-state index >= 15 is 0 Å². The molecule has 4 aliphatic rings. The Morgan fingerprint density at radius 1 is 0.270 bits per heavy atom. The summed E-state index contributed by atoms with van der Waals surface area (Å²) in [6.45, 7) is -0.213. The summed E-state index contributed by atoms with van der Waals surface area (Å²) in [7, 11) is 0. The van der Waals surface area contributed by atoms with Gasteiger partial charge < -0.3 is 28.4 Å². The highest BCUT2D eigenvalue weighted by atomic mass is 16.5. The molecule has 8 heteroatoms. The first-order valence-corrected chi connectivity index (χ1v) is 25.5. The fourth-order valence-electron chi connectivity index (χ4n) is 13.3. The molecule has 0 aliphatic carbocycles. The quantitative estimate of drug-likeness (QED) is 0.156. The lowest BCUT2D eigenvalue weighted by molar-refractivity contribution is 0.482. The third-order valence-corrected chi connectivity index (χ3v) is 16.1. The van der Waals surface area contributed by atoms with Crippen molar-refractivity contribution >= 4 is 124 Å². The summed E-state index contributed by atoms with van der Waals surface area (Å²) in [4.78, 5) is 5.00. The van der Waals surface area contributed by atoms with Gasteiger partial charge in [0.05, 0.1) is 11.0 Å². The number of aromatic nitrogens is 2. The summed E-state index contributed by atoms with van der Waals surface area (Å²) in [6, 6.07) is 88.0. The van der Waals surface area contributed by atoms with Crippen molar-refractivity contribution in [2.24, 2.45) is 0 Å². The first kappa shape index (κ1) is 40.0. The molecule has 74 heavy (non-hydrogen) atoms. The lowest BCUT2D eigenvalue weighted by Gasteiger charge is -2.44. The molecule has 0 bridgehead atoms. The van der Waals surface area contributed by atoms with E-state index in [9.17, 15) is 0 Å². The van der Waals surface area contributed by atoms with Crippen molar-refractivity contribution in [2.75, 3.05) is 9.80 Å². The molecule has 2 aromatic heterocycles. The van der Waals surface area contributed by atoms with Crippen LogP contribution in [0.2, 0.25) is 0 Å². The average molecular weight is 943 g/mol. The zero-order valence-electron chi connectivity index (χ0n) is 39.9. The molecular formula is C66H40B2N4O2. The summed E-state index contributed by atoms with van der Waals surface area (Å²) in [5.41, 5.74) is 21.3. The number of rotatable bonds is 6. The third kappa shape index (κ3) is 5.41. The summed E-state index contributed by atoms with van der Waals surface area (Å²) in [6.07, 6.45) is 0. The highest BCUT2D eigenvalue weighted by molar-refractivity contribution is 7.03. The molecule has 0 fully saturated rings. The number of para-hydroxylation sites is 8. The predicted molar refractivity (Wildman–Crippen MR) is 307 cm³/mol. The van der Waals surface area contributed by atoms with E-state index in [-0.39, 0.29) is 13.4 Å². The van der Waals surface area contributed by atoms with E-state index < -0.39 is 0 Å². The van der Waals surface area contributed by atoms with Crippen LogP contribution in [0.3, 0.4) is 0 Å². The van der Waals surface area contributed by atoms with Crippen LogP contribution < -0.4 is 52.1 Å². The Balaban J connectivity index is 1.01. The molecule has 0 spiro atoms. The van der Waals surface area contributed by atoms with Crippen molar-refractivity contribution in [1.29, 1.82) is 0 Å². The zero-order chi connectivity index (χ0) is 48.2. The van der Waals surface area contributed by atoms with Gasteiger partial charge in [-0.2, -0.15) is 0 Å². The van der Waals surface area contributed by atoms with E-state index in [1.165, 1.54) is 76.4 Å². The summed E-state index contributed by atoms with van der Waals surface area (Å²) in [5, 5.41) is 4.97. The molecule has 6 nitrogen and oxygen atoms in total. The SMILES string of the molecule is c1ccc(Oc2cc3c4c(c2)-n2c5ccccc5c5cccc(c52)B4c2cc4c(cc2N3c2ccccc2)N(c2ccccc2)c2cc(Oc3ccccc3)cc3c2B4c2cccc4c5ccccc5n-3c24)cc1. The molecule has 6 heterocycles. The second kappa shape index (κ2) is 14.9. The van der Waals surface area contributed by atoms with Crippen molar-refractivity contribution in [1.82, 2.24) is 9.13 Å². The molecule has 342 valence electrons. The Morgan fingerprint density at radius 3 is 1.09 bits per heavy atom. The van der Waals surface area contributed by atoms with Gasteiger partial charge in [-0.15, -0.1) is 0 Å². The van der Waals surface area contributed by atoms with Crippen molar-refractivity contribution < 1.29 is 9.47 Å². The number of benzene rings is 11. The van der Waals surface area contributed by atoms with Crippen LogP contribution in [0.5, 0.6) is 23.0 Å². The van der Waals surface area contributed by atoms with Crippen LogP contribution in [0.1, 0.15) is 0 Å². The summed E-state index contributed by atoms with van der Waals surface area (Å²) < 4.78 is 18.8. The fraction of sp³-hybridized carbons (Fsp3) is 0. The van der Waals surface area contributed by atoms with E-state index in [2.05, 4.69) is 201 Å². The number of hydrogen-bond donors (Lipinski definition) is 0. The average Bonchev–Trinajstić information content (AvgIpc) is 4.11. The smallest absolute Gasteiger partial charge is 0.252 e. The van der Waals surface area contributed by atoms with Gasteiger partial charge in [0.2, 0.25) is 0 Å². The summed E-state index contributed by atoms with van der Waals surface area (Å²) in [5.74, 6) is 3.14. The van der Waals surface area contributed by atoms with E-state index in [1.54, 1.807) is 0 Å². The molecule has 0 unspecified atom stereocenters. The molecule has 0 amide bonds. The minimum absolute atomic E-state index is 0.106. The second-order valence-electron chi connectivity index (χ2n) is 20.0. The maximum atomic E-state index is 6.91. The van der Waals surface area contributed by atoms with Crippen LogP contribution in [0.15, 0.2) is 243 Å². The molecule has 11 aromatic carbocycles. The van der Waals surface area contributed by atoms with E-state index in [0.29, 0.717) is 0 Å². The Labute approximate surface area is 427 Å². The van der Waals surface area contributed by atoms with Gasteiger partial charge in [-0.25, -0.2) is 0 Å². The maximum Gasteiger partial charge on any atom is 0.252 e. The lowest BCUT2D eigenvalue weighted by atomic mass is 9.30. The highest BCUT2D eigenvalue weighted by Crippen LogP contribution is 2.48. The number of fused-ring (bicyclic) bond motifs is 14. The van der Waals surface area contributed by atoms with Crippen molar-refractivity contribution in [2.45, 2.75) is 0 Å². The molecule has 4 aliphatic heterocycles. The van der Waals surface area contributed by atoms with Crippen LogP contribution in [0, 0.1) is 0 Å². The van der Waals surface area contributed by atoms with Crippen molar-refractivity contribution in [3.63, 3.8) is 0 Å². The van der Waals surface area contributed by atoms with Crippen LogP contribution in [0.4, 0.5) is 34.1 Å². The van der Waals surface area contributed by atoms with E-state index in [0.717, 1.165) is 68.5 Å². The van der Waals surface area contributed by atoms with Crippen LogP contribution >= 0.6 is 0 Å². The molecule has 13 aromatic rings. The van der Waals surface area contributed by atoms with Gasteiger partial charge in [0.1, 0.15) is 23.0 Å². The molecule has 0 saturated heterocycles. The minimum Gasteiger partial charge on any atom is -0.457 e. The maximum absolute atomic E-state index is 6.91. The van der Waals surface area contributed by atoms with Gasteiger partial charge in [-0.05, 0) is 99.5 Å². The molecule has 17 rings (SSSR count). The highest BCUT2D eigenvalue weighted by Gasteiger charge is 2.47. The van der Waals surface area contributed by atoms with Gasteiger partial charge in [0.25, 0.3) is 13.4 Å². The number of hydrogen-bond acceptors (Lipinski definition) is 4. The van der Waals surface area contributed by atoms with Crippen molar-refractivity contribution in [3.05, 3.63) is 243 Å². The Morgan fingerprint density at radius 2 is 0.649 bits per heavy atom. The van der Waals surface area contributed by atoms with Gasteiger partial charge >= 0.3 is 0 Å². The molecular weight excluding hydrogens is 902 g/mol. The topological polar surface area (TPSA) is 34.8 Å². The van der Waals surface area contributed by atoms with Crippen LogP contribution in [0.25, 0.3) is 55.0 Å². The Kier molecular flexibility index (Phi) is 8.08. The number of nitrogens with zero attached hydrogens (tertiary/aromatic N) is 4. The van der Waals surface area contributed by atoms with Crippen LogP contribution in [-0.4, -0.2) is 22.6 Å². The predicted octanol–water partition coefficient (Wildman–Crippen LogP) is 12.7. The zero-order valence-corrected chi connectivity index (χ0v) is 39.9. The Hall–Kier alpha value is -9.65. The molecule has 0 atom stereocenters. The lowest BCUT2D eigenvalue weighted by Crippen LogP contribution is -2.64. The van der Waals surface area contributed by atoms with E-state index in [1.807, 2.05) is 60.7 Å². The standard InChI is InChI=1S/C66H40B2N4O2/c1-5-19-41(20-6-1)69-57-40-58-54(39-53(57)67-51-31-17-29-49-47-27-13-15-33-55(47)71(65(49)51)61-37-45(35-59(69)63(61)67)73-43-23-9-3-10-24-43)68-52-32-18-30-50-48-28-14-16-34-56(48)72(66(50)52)62-38-46(74-44-25-11-4-12-26-44)36-60(64(62)68)70(58)42-21-7-2-8-22-42/h1-40H. The van der Waals surface area contributed by atoms with Gasteiger partial charge in [0, 0.05) is 102 Å². The van der Waals surface area contributed by atoms with Gasteiger partial charge in [-0.3, -0.25) is 0 Å². The fourth-order valence-corrected chi connectivity index (χ4v) is 13.3. The van der Waals surface area contributed by atoms with Crippen molar-refractivity contribution in [3.8, 4) is 34.4 Å². The Bertz CT molecular complexity index is 4230. The minimum atomic E-state index is -0.106. The molecule has 0 saturated carbocycles. The van der Waals surface area contributed by atoms with Gasteiger partial charge in [-0.1, -0.05) is 152 Å². The van der Waals surface area contributed by atoms with Crippen LogP contribution in [-0.2, 0) is 0 Å². The summed E-state index contributed by atoms with van der Waals surface area (Å²) >= 11 is 0. The number of anilines is 6. The normalized spacial score (nSPS) is 13.3. The third-order valence-electron chi connectivity index (χ3n) is 16.1. The molecule has 0 radical (unpaired) electrons. The number of ether oxygens (including phenoxy) is 2. The molecule has 0 N–H and O–H groups in total. The monoisotopic (exact) mass is 942 g/mol.